The van der Waals surface area contributed by atoms with Gasteiger partial charge < -0.3 is 21.1 Å². The van der Waals surface area contributed by atoms with E-state index in [1.165, 1.54) is 44.9 Å². The summed E-state index contributed by atoms with van der Waals surface area (Å²) in [6.07, 6.45) is 12.2. The molecule has 0 unspecified atom stereocenters. The summed E-state index contributed by atoms with van der Waals surface area (Å²) in [4.78, 5) is 25.3. The third kappa shape index (κ3) is 8.39. The van der Waals surface area contributed by atoms with Crippen molar-refractivity contribution in [1.29, 1.82) is 0 Å². The summed E-state index contributed by atoms with van der Waals surface area (Å²) in [5.74, 6) is 0.844. The van der Waals surface area contributed by atoms with Gasteiger partial charge in [-0.15, -0.1) is 11.8 Å². The van der Waals surface area contributed by atoms with Crippen molar-refractivity contribution in [3.05, 3.63) is 0 Å². The van der Waals surface area contributed by atoms with E-state index >= 15 is 0 Å². The smallest absolute Gasteiger partial charge is 0.407 e. The third-order valence-electron chi connectivity index (χ3n) is 6.55. The van der Waals surface area contributed by atoms with Gasteiger partial charge in [-0.05, 0) is 65.0 Å². The molecule has 174 valence electrons. The van der Waals surface area contributed by atoms with E-state index in [2.05, 4.69) is 10.6 Å². The predicted octanol–water partition coefficient (Wildman–Crippen LogP) is 4.01. The Balaban J connectivity index is 1.87. The molecule has 0 aromatic rings. The Bertz CT molecular complexity index is 522. The van der Waals surface area contributed by atoms with Crippen LogP contribution in [0.2, 0.25) is 0 Å². The highest BCUT2D eigenvalue weighted by Crippen LogP contribution is 2.40. The highest BCUT2D eigenvalue weighted by molar-refractivity contribution is 8.01. The van der Waals surface area contributed by atoms with E-state index in [1.807, 2.05) is 6.92 Å². The molecule has 6 nitrogen and oxygen atoms in total. The molecular formula is C23H43N3O3S. The Morgan fingerprint density at radius 2 is 1.80 bits per heavy atom. The number of nitrogens with two attached hydrogens (primary N) is 1. The van der Waals surface area contributed by atoms with E-state index in [9.17, 15) is 9.59 Å². The van der Waals surface area contributed by atoms with Crippen molar-refractivity contribution in [3.63, 3.8) is 0 Å². The van der Waals surface area contributed by atoms with Crippen molar-refractivity contribution < 1.29 is 14.3 Å². The molecule has 4 N–H and O–H groups in total. The predicted molar refractivity (Wildman–Crippen MR) is 125 cm³/mol. The molecule has 0 aromatic heterocycles. The monoisotopic (exact) mass is 441 g/mol. The number of ketones is 1. The van der Waals surface area contributed by atoms with E-state index in [0.29, 0.717) is 18.2 Å². The van der Waals surface area contributed by atoms with Crippen LogP contribution in [-0.4, -0.2) is 54.2 Å². The number of hydrogen-bond acceptors (Lipinski definition) is 6. The summed E-state index contributed by atoms with van der Waals surface area (Å²) in [5, 5.41) is 6.88. The summed E-state index contributed by atoms with van der Waals surface area (Å²) < 4.78 is 4.56. The van der Waals surface area contributed by atoms with Crippen LogP contribution in [0.15, 0.2) is 0 Å². The number of alkyl carbamates (subject to hydrolysis) is 1. The number of carbonyl (C=O) groups excluding carboxylic acids is 2. The number of nitrogens with one attached hydrogen (secondary N) is 2. The summed E-state index contributed by atoms with van der Waals surface area (Å²) >= 11 is 1.78. The molecule has 7 heteroatoms. The quantitative estimate of drug-likeness (QED) is 0.374. The fraction of sp³-hybridized carbons (Fsp3) is 0.913. The molecule has 0 bridgehead atoms. The van der Waals surface area contributed by atoms with E-state index in [-0.39, 0.29) is 12.4 Å². The zero-order chi connectivity index (χ0) is 21.8. The number of amides is 1. The molecule has 2 aliphatic carbocycles. The van der Waals surface area contributed by atoms with Crippen molar-refractivity contribution >= 4 is 23.6 Å². The van der Waals surface area contributed by atoms with Gasteiger partial charge in [0, 0.05) is 18.2 Å². The fourth-order valence-corrected chi connectivity index (χ4v) is 6.47. The van der Waals surface area contributed by atoms with E-state index in [0.717, 1.165) is 38.3 Å². The molecule has 0 radical (unpaired) electrons. The molecule has 1 amide bonds. The van der Waals surface area contributed by atoms with E-state index < -0.39 is 16.9 Å². The average Bonchev–Trinajstić information content (AvgIpc) is 3.25. The number of hydrogen-bond donors (Lipinski definition) is 3. The maximum Gasteiger partial charge on any atom is 0.407 e. The summed E-state index contributed by atoms with van der Waals surface area (Å²) in [6.45, 7) is 6.31. The van der Waals surface area contributed by atoms with Gasteiger partial charge >= 0.3 is 6.09 Å². The second-order valence-electron chi connectivity index (χ2n) is 9.12. The number of thioether (sulfide) groups is 1. The molecule has 0 spiro atoms. The minimum absolute atomic E-state index is 0.0565. The van der Waals surface area contributed by atoms with Crippen LogP contribution >= 0.6 is 11.8 Å². The van der Waals surface area contributed by atoms with Gasteiger partial charge in [0.1, 0.15) is 6.04 Å². The van der Waals surface area contributed by atoms with Crippen molar-refractivity contribution in [2.75, 3.05) is 26.2 Å². The topological polar surface area (TPSA) is 93.4 Å². The van der Waals surface area contributed by atoms with E-state index in [1.54, 1.807) is 18.7 Å². The number of rotatable bonds is 13. The highest BCUT2D eigenvalue weighted by atomic mass is 32.2. The first-order valence-electron chi connectivity index (χ1n) is 12.0. The van der Waals surface area contributed by atoms with Crippen molar-refractivity contribution in [2.45, 2.75) is 101 Å². The van der Waals surface area contributed by atoms with Gasteiger partial charge in [-0.3, -0.25) is 4.79 Å². The van der Waals surface area contributed by atoms with Gasteiger partial charge in [0.25, 0.3) is 0 Å². The molecule has 0 heterocycles. The van der Waals surface area contributed by atoms with Crippen LogP contribution in [0.4, 0.5) is 4.79 Å². The Hall–Kier alpha value is -0.790. The first-order chi connectivity index (χ1) is 14.5. The summed E-state index contributed by atoms with van der Waals surface area (Å²) in [5.41, 5.74) is 6.15. The number of ether oxygens (including phenoxy) is 1. The van der Waals surface area contributed by atoms with Crippen LogP contribution in [0.5, 0.6) is 0 Å². The van der Waals surface area contributed by atoms with Gasteiger partial charge in [-0.25, -0.2) is 4.79 Å². The lowest BCUT2D eigenvalue weighted by molar-refractivity contribution is -0.121. The van der Waals surface area contributed by atoms with Gasteiger partial charge in [-0.1, -0.05) is 32.1 Å². The molecule has 2 fully saturated rings. The molecule has 2 aliphatic rings. The van der Waals surface area contributed by atoms with Crippen molar-refractivity contribution in [1.82, 2.24) is 10.6 Å². The Labute approximate surface area is 187 Å². The number of Topliss-reactive ketones (excluding diaryl/α,β-unsaturated/α-hetero) is 1. The SMILES string of the molecule is CCOC(=O)N[C@@H](C(=O)CCCNCC1CCCCC1)[C@](C)(CN)SC1CCCC1. The molecule has 30 heavy (non-hydrogen) atoms. The number of carbonyl (C=O) groups is 2. The Morgan fingerprint density at radius 1 is 1.13 bits per heavy atom. The van der Waals surface area contributed by atoms with Crippen LogP contribution in [0, 0.1) is 5.92 Å². The third-order valence-corrected chi connectivity index (χ3v) is 8.29. The molecule has 0 aliphatic heterocycles. The van der Waals surface area contributed by atoms with Crippen LogP contribution in [0.3, 0.4) is 0 Å². The maximum atomic E-state index is 13.2. The highest BCUT2D eigenvalue weighted by Gasteiger charge is 2.41. The second-order valence-corrected chi connectivity index (χ2v) is 11.0. The normalized spacial score (nSPS) is 21.2. The van der Waals surface area contributed by atoms with Gasteiger partial charge in [0.05, 0.1) is 11.4 Å². The lowest BCUT2D eigenvalue weighted by atomic mass is 9.89. The van der Waals surface area contributed by atoms with Crippen molar-refractivity contribution in [2.24, 2.45) is 11.7 Å². The lowest BCUT2D eigenvalue weighted by Crippen LogP contribution is -2.57. The first-order valence-corrected chi connectivity index (χ1v) is 12.9. The fourth-order valence-electron chi connectivity index (χ4n) is 4.71. The minimum Gasteiger partial charge on any atom is -0.450 e. The Morgan fingerprint density at radius 3 is 2.43 bits per heavy atom. The van der Waals surface area contributed by atoms with E-state index in [4.69, 9.17) is 10.5 Å². The molecule has 2 rings (SSSR count). The van der Waals surface area contributed by atoms with Crippen LogP contribution < -0.4 is 16.4 Å². The van der Waals surface area contributed by atoms with Gasteiger partial charge in [-0.2, -0.15) is 0 Å². The minimum atomic E-state index is -0.620. The van der Waals surface area contributed by atoms with Gasteiger partial charge in [0.15, 0.2) is 5.78 Å². The zero-order valence-electron chi connectivity index (χ0n) is 19.0. The van der Waals surface area contributed by atoms with Crippen molar-refractivity contribution in [3.8, 4) is 0 Å². The standard InChI is InChI=1S/C23H43N3O3S/c1-3-29-22(28)26-21(23(2,17-24)30-19-12-7-8-13-19)20(27)14-9-15-25-16-18-10-5-4-6-11-18/h18-19,21,25H,3-17,24H2,1-2H3,(H,26,28)/t21-,23-/m0/s1. The lowest BCUT2D eigenvalue weighted by Gasteiger charge is -2.37. The van der Waals surface area contributed by atoms with Crippen LogP contribution in [0.25, 0.3) is 0 Å². The Kier molecular flexibility index (Phi) is 11.5. The first kappa shape index (κ1) is 25.5. The maximum absolute atomic E-state index is 13.2. The molecule has 2 atom stereocenters. The average molecular weight is 442 g/mol. The summed E-state index contributed by atoms with van der Waals surface area (Å²) in [6, 6.07) is -0.620. The van der Waals surface area contributed by atoms with Crippen LogP contribution in [0.1, 0.15) is 84.5 Å². The molecule has 2 saturated carbocycles. The largest absolute Gasteiger partial charge is 0.450 e. The molecule has 0 saturated heterocycles. The van der Waals surface area contributed by atoms with Crippen LogP contribution in [-0.2, 0) is 9.53 Å². The molecular weight excluding hydrogens is 398 g/mol. The van der Waals surface area contributed by atoms with Gasteiger partial charge in [0.2, 0.25) is 0 Å². The summed E-state index contributed by atoms with van der Waals surface area (Å²) in [7, 11) is 0. The molecule has 0 aromatic carbocycles. The second kappa shape index (κ2) is 13.6. The zero-order valence-corrected chi connectivity index (χ0v) is 19.9.